The van der Waals surface area contributed by atoms with Gasteiger partial charge in [-0.05, 0) is 39.7 Å². The summed E-state index contributed by atoms with van der Waals surface area (Å²) in [5.41, 5.74) is -0.648. The molecule has 1 heterocycles. The Bertz CT molecular complexity index is 217. The molecule has 0 aromatic rings. The van der Waals surface area contributed by atoms with Crippen molar-refractivity contribution in [2.75, 3.05) is 6.54 Å². The molecule has 1 fully saturated rings. The Morgan fingerprint density at radius 2 is 2.29 bits per heavy atom. The van der Waals surface area contributed by atoms with E-state index < -0.39 is 11.5 Å². The predicted molar refractivity (Wildman–Crippen MR) is 56.4 cm³/mol. The molecule has 1 N–H and O–H groups in total. The average Bonchev–Trinajstić information content (AvgIpc) is 2.51. The molecule has 2 atom stereocenters. The van der Waals surface area contributed by atoms with Crippen LogP contribution in [0.1, 0.15) is 46.5 Å². The Morgan fingerprint density at radius 3 is 2.64 bits per heavy atom. The molecule has 1 saturated heterocycles. The van der Waals surface area contributed by atoms with Crippen LogP contribution in [0.2, 0.25) is 0 Å². The smallest absolute Gasteiger partial charge is 0.323 e. The van der Waals surface area contributed by atoms with E-state index in [2.05, 4.69) is 11.8 Å². The van der Waals surface area contributed by atoms with Crippen molar-refractivity contribution in [1.29, 1.82) is 0 Å². The number of carboxylic acids is 1. The van der Waals surface area contributed by atoms with Crippen molar-refractivity contribution in [3.05, 3.63) is 0 Å². The van der Waals surface area contributed by atoms with Gasteiger partial charge in [0.15, 0.2) is 0 Å². The van der Waals surface area contributed by atoms with Gasteiger partial charge in [0.2, 0.25) is 0 Å². The Kier molecular flexibility index (Phi) is 3.53. The molecule has 1 aliphatic heterocycles. The second kappa shape index (κ2) is 4.30. The van der Waals surface area contributed by atoms with E-state index in [1.165, 1.54) is 0 Å². The van der Waals surface area contributed by atoms with E-state index in [9.17, 15) is 9.90 Å². The third-order valence-corrected chi connectivity index (χ3v) is 3.38. The van der Waals surface area contributed by atoms with Crippen LogP contribution >= 0.6 is 0 Å². The topological polar surface area (TPSA) is 40.5 Å². The van der Waals surface area contributed by atoms with Gasteiger partial charge in [-0.2, -0.15) is 0 Å². The van der Waals surface area contributed by atoms with E-state index in [1.807, 2.05) is 13.8 Å². The van der Waals surface area contributed by atoms with Gasteiger partial charge in [0.25, 0.3) is 0 Å². The highest BCUT2D eigenvalue weighted by atomic mass is 16.4. The van der Waals surface area contributed by atoms with Gasteiger partial charge in [-0.25, -0.2) is 0 Å². The fraction of sp³-hybridized carbons (Fsp3) is 0.909. The molecule has 0 bridgehead atoms. The number of carbonyl (C=O) groups is 1. The number of rotatable bonds is 4. The summed E-state index contributed by atoms with van der Waals surface area (Å²) in [6, 6.07) is 0.419. The van der Waals surface area contributed by atoms with E-state index >= 15 is 0 Å². The lowest BCUT2D eigenvalue weighted by Crippen LogP contribution is -2.53. The van der Waals surface area contributed by atoms with E-state index in [0.29, 0.717) is 6.04 Å². The van der Waals surface area contributed by atoms with Gasteiger partial charge in [-0.3, -0.25) is 9.69 Å². The summed E-state index contributed by atoms with van der Waals surface area (Å²) in [6.45, 7) is 6.97. The Balaban J connectivity index is 2.80. The minimum Gasteiger partial charge on any atom is -0.480 e. The zero-order valence-electron chi connectivity index (χ0n) is 9.42. The van der Waals surface area contributed by atoms with Gasteiger partial charge in [0.1, 0.15) is 5.54 Å². The monoisotopic (exact) mass is 199 g/mol. The second-order valence-corrected chi connectivity index (χ2v) is 4.51. The molecule has 0 aromatic carbocycles. The quantitative estimate of drug-likeness (QED) is 0.754. The largest absolute Gasteiger partial charge is 0.480 e. The first-order valence-electron chi connectivity index (χ1n) is 5.52. The first kappa shape index (κ1) is 11.5. The highest BCUT2D eigenvalue weighted by molar-refractivity contribution is 5.78. The van der Waals surface area contributed by atoms with Crippen molar-refractivity contribution < 1.29 is 9.90 Å². The van der Waals surface area contributed by atoms with Crippen LogP contribution in [-0.4, -0.2) is 34.1 Å². The number of hydrogen-bond donors (Lipinski definition) is 1. The molecule has 0 amide bonds. The van der Waals surface area contributed by atoms with E-state index in [0.717, 1.165) is 32.2 Å². The summed E-state index contributed by atoms with van der Waals surface area (Å²) < 4.78 is 0. The molecule has 0 radical (unpaired) electrons. The molecule has 14 heavy (non-hydrogen) atoms. The van der Waals surface area contributed by atoms with Crippen molar-refractivity contribution >= 4 is 5.97 Å². The van der Waals surface area contributed by atoms with Crippen LogP contribution < -0.4 is 0 Å². The van der Waals surface area contributed by atoms with Crippen LogP contribution in [0.15, 0.2) is 0 Å². The van der Waals surface area contributed by atoms with Crippen LogP contribution in [0, 0.1) is 0 Å². The first-order chi connectivity index (χ1) is 6.52. The number of aliphatic carboxylic acids is 1. The van der Waals surface area contributed by atoms with Crippen LogP contribution in [-0.2, 0) is 4.79 Å². The lowest BCUT2D eigenvalue weighted by molar-refractivity contribution is -0.151. The summed E-state index contributed by atoms with van der Waals surface area (Å²) >= 11 is 0. The molecule has 0 saturated carbocycles. The summed E-state index contributed by atoms with van der Waals surface area (Å²) in [5.74, 6) is -0.673. The standard InChI is InChI=1S/C11H21NO2/c1-4-7-11(3,10(13)14)12-8-5-6-9(12)2/h9H,4-8H2,1-3H3,(H,13,14). The first-order valence-corrected chi connectivity index (χ1v) is 5.52. The minimum atomic E-state index is -0.673. The third-order valence-electron chi connectivity index (χ3n) is 3.38. The second-order valence-electron chi connectivity index (χ2n) is 4.51. The molecular weight excluding hydrogens is 178 g/mol. The molecule has 1 rings (SSSR count). The van der Waals surface area contributed by atoms with Crippen molar-refractivity contribution in [1.82, 2.24) is 4.90 Å². The molecule has 3 heteroatoms. The Labute approximate surface area is 86.1 Å². The summed E-state index contributed by atoms with van der Waals surface area (Å²) in [5, 5.41) is 9.30. The van der Waals surface area contributed by atoms with Crippen molar-refractivity contribution in [2.24, 2.45) is 0 Å². The van der Waals surface area contributed by atoms with E-state index in [4.69, 9.17) is 0 Å². The maximum atomic E-state index is 11.3. The van der Waals surface area contributed by atoms with Gasteiger partial charge in [-0.15, -0.1) is 0 Å². The Morgan fingerprint density at radius 1 is 1.64 bits per heavy atom. The normalized spacial score (nSPS) is 27.5. The molecule has 82 valence electrons. The Hall–Kier alpha value is -0.570. The number of nitrogens with zero attached hydrogens (tertiary/aromatic N) is 1. The maximum absolute atomic E-state index is 11.3. The highest BCUT2D eigenvalue weighted by Crippen LogP contribution is 2.30. The van der Waals surface area contributed by atoms with Crippen LogP contribution in [0.5, 0.6) is 0 Å². The van der Waals surface area contributed by atoms with Crippen molar-refractivity contribution in [3.8, 4) is 0 Å². The predicted octanol–water partition coefficient (Wildman–Crippen LogP) is 2.11. The van der Waals surface area contributed by atoms with Gasteiger partial charge in [-0.1, -0.05) is 13.3 Å². The van der Waals surface area contributed by atoms with E-state index in [-0.39, 0.29) is 0 Å². The fourth-order valence-electron chi connectivity index (χ4n) is 2.53. The highest BCUT2D eigenvalue weighted by Gasteiger charge is 2.42. The van der Waals surface area contributed by atoms with Crippen molar-refractivity contribution in [2.45, 2.75) is 58.0 Å². The zero-order valence-corrected chi connectivity index (χ0v) is 9.42. The molecule has 0 aliphatic carbocycles. The van der Waals surface area contributed by atoms with Crippen LogP contribution in [0.4, 0.5) is 0 Å². The average molecular weight is 199 g/mol. The van der Waals surface area contributed by atoms with Crippen LogP contribution in [0.3, 0.4) is 0 Å². The van der Waals surface area contributed by atoms with Gasteiger partial charge < -0.3 is 5.11 Å². The van der Waals surface area contributed by atoms with Gasteiger partial charge >= 0.3 is 5.97 Å². The molecule has 0 spiro atoms. The van der Waals surface area contributed by atoms with Crippen molar-refractivity contribution in [3.63, 3.8) is 0 Å². The lowest BCUT2D eigenvalue weighted by Gasteiger charge is -2.37. The fourth-order valence-corrected chi connectivity index (χ4v) is 2.53. The number of hydrogen-bond acceptors (Lipinski definition) is 2. The van der Waals surface area contributed by atoms with Gasteiger partial charge in [0.05, 0.1) is 0 Å². The molecular formula is C11H21NO2. The maximum Gasteiger partial charge on any atom is 0.323 e. The summed E-state index contributed by atoms with van der Waals surface area (Å²) in [7, 11) is 0. The lowest BCUT2D eigenvalue weighted by atomic mass is 9.93. The summed E-state index contributed by atoms with van der Waals surface area (Å²) in [6.07, 6.45) is 3.93. The minimum absolute atomic E-state index is 0.419. The number of likely N-dealkylation sites (tertiary alicyclic amines) is 1. The molecule has 3 nitrogen and oxygen atoms in total. The van der Waals surface area contributed by atoms with Gasteiger partial charge in [0, 0.05) is 6.04 Å². The SMILES string of the molecule is CCCC(C)(C(=O)O)N1CCCC1C. The summed E-state index contributed by atoms with van der Waals surface area (Å²) in [4.78, 5) is 13.5. The van der Waals surface area contributed by atoms with Crippen LogP contribution in [0.25, 0.3) is 0 Å². The zero-order chi connectivity index (χ0) is 10.8. The number of carboxylic acid groups (broad SMARTS) is 1. The molecule has 2 unspecified atom stereocenters. The third kappa shape index (κ3) is 1.92. The molecule has 1 aliphatic rings. The van der Waals surface area contributed by atoms with E-state index in [1.54, 1.807) is 0 Å². The molecule has 0 aromatic heterocycles.